The van der Waals surface area contributed by atoms with E-state index in [1.165, 1.54) is 0 Å². The molecule has 1 amide bonds. The van der Waals surface area contributed by atoms with Crippen LogP contribution in [0.25, 0.3) is 10.2 Å². The fraction of sp³-hybridized carbons (Fsp3) is 0.235. The summed E-state index contributed by atoms with van der Waals surface area (Å²) in [5.41, 5.74) is 1.06. The van der Waals surface area contributed by atoms with Gasteiger partial charge in [0.25, 0.3) is 0 Å². The maximum atomic E-state index is 12.3. The van der Waals surface area contributed by atoms with Crippen molar-refractivity contribution >= 4 is 67.5 Å². The third-order valence-corrected chi connectivity index (χ3v) is 6.47. The van der Waals surface area contributed by atoms with Crippen LogP contribution in [0.15, 0.2) is 36.7 Å². The maximum absolute atomic E-state index is 12.3. The van der Waals surface area contributed by atoms with E-state index in [-0.39, 0.29) is 18.0 Å². The molecule has 0 aliphatic carbocycles. The van der Waals surface area contributed by atoms with E-state index in [9.17, 15) is 4.79 Å². The SMILES string of the molecule is CN1C(=O)C[C@H](Nc2ncnc3sc(I)cc23)[C@H]1c1ccc(Cl)cc1. The van der Waals surface area contributed by atoms with E-state index < -0.39 is 0 Å². The molecule has 4 rings (SSSR count). The second-order valence-electron chi connectivity index (χ2n) is 5.95. The third kappa shape index (κ3) is 3.20. The van der Waals surface area contributed by atoms with Crippen molar-refractivity contribution in [3.8, 4) is 0 Å². The summed E-state index contributed by atoms with van der Waals surface area (Å²) in [5, 5.41) is 5.16. The molecule has 1 N–H and O–H groups in total. The van der Waals surface area contributed by atoms with E-state index in [1.807, 2.05) is 31.3 Å². The molecule has 2 aromatic heterocycles. The van der Waals surface area contributed by atoms with Gasteiger partial charge in [-0.05, 0) is 46.4 Å². The van der Waals surface area contributed by atoms with E-state index in [1.54, 1.807) is 22.6 Å². The number of rotatable bonds is 3. The van der Waals surface area contributed by atoms with Gasteiger partial charge in [-0.2, -0.15) is 0 Å². The smallest absolute Gasteiger partial charge is 0.225 e. The lowest BCUT2D eigenvalue weighted by molar-refractivity contribution is -0.127. The number of anilines is 1. The molecular weight excluding hydrogens is 471 g/mol. The number of fused-ring (bicyclic) bond motifs is 1. The minimum Gasteiger partial charge on any atom is -0.364 e. The molecule has 0 spiro atoms. The van der Waals surface area contributed by atoms with Crippen LogP contribution in [0.5, 0.6) is 0 Å². The number of benzene rings is 1. The zero-order valence-electron chi connectivity index (χ0n) is 13.2. The van der Waals surface area contributed by atoms with Crippen LogP contribution in [-0.2, 0) is 4.79 Å². The van der Waals surface area contributed by atoms with Gasteiger partial charge in [-0.15, -0.1) is 11.3 Å². The van der Waals surface area contributed by atoms with Crippen molar-refractivity contribution in [3.63, 3.8) is 0 Å². The zero-order chi connectivity index (χ0) is 17.6. The fourth-order valence-corrected chi connectivity index (χ4v) is 5.02. The van der Waals surface area contributed by atoms with Crippen molar-refractivity contribution in [2.24, 2.45) is 0 Å². The molecule has 25 heavy (non-hydrogen) atoms. The van der Waals surface area contributed by atoms with Gasteiger partial charge in [-0.25, -0.2) is 9.97 Å². The van der Waals surface area contributed by atoms with Gasteiger partial charge >= 0.3 is 0 Å². The first-order chi connectivity index (χ1) is 12.0. The van der Waals surface area contributed by atoms with Crippen molar-refractivity contribution in [2.45, 2.75) is 18.5 Å². The van der Waals surface area contributed by atoms with E-state index in [4.69, 9.17) is 11.6 Å². The van der Waals surface area contributed by atoms with Gasteiger partial charge in [0.1, 0.15) is 17.0 Å². The molecular formula is C17H14ClIN4OS. The Hall–Kier alpha value is -1.45. The molecule has 5 nitrogen and oxygen atoms in total. The quantitative estimate of drug-likeness (QED) is 0.562. The summed E-state index contributed by atoms with van der Waals surface area (Å²) >= 11 is 9.92. The molecule has 8 heteroatoms. The summed E-state index contributed by atoms with van der Waals surface area (Å²) in [4.78, 5) is 23.8. The van der Waals surface area contributed by atoms with Crippen LogP contribution in [0.4, 0.5) is 5.82 Å². The minimum absolute atomic E-state index is 0.0608. The van der Waals surface area contributed by atoms with Crippen LogP contribution < -0.4 is 5.32 Å². The first-order valence-electron chi connectivity index (χ1n) is 7.70. The average Bonchev–Trinajstić information content (AvgIpc) is 3.09. The highest BCUT2D eigenvalue weighted by Gasteiger charge is 2.38. The number of aromatic nitrogens is 2. The molecule has 1 aliphatic rings. The van der Waals surface area contributed by atoms with Crippen molar-refractivity contribution in [1.82, 2.24) is 14.9 Å². The number of nitrogens with zero attached hydrogens (tertiary/aromatic N) is 3. The first kappa shape index (κ1) is 17.0. The summed E-state index contributed by atoms with van der Waals surface area (Å²) in [6, 6.07) is 9.60. The standard InChI is InChI=1S/C17H14ClIN4OS/c1-23-14(24)7-12(15(23)9-2-4-10(18)5-3-9)22-16-11-6-13(19)25-17(11)21-8-20-16/h2-6,8,12,15H,7H2,1H3,(H,20,21,22)/t12-,15+/m0/s1. The second-order valence-corrected chi connectivity index (χ2v) is 9.31. The largest absolute Gasteiger partial charge is 0.364 e. The van der Waals surface area contributed by atoms with Crippen LogP contribution in [0.2, 0.25) is 5.02 Å². The maximum Gasteiger partial charge on any atom is 0.225 e. The van der Waals surface area contributed by atoms with Gasteiger partial charge in [-0.3, -0.25) is 4.79 Å². The number of likely N-dealkylation sites (N-methyl/N-ethyl adjacent to an activating group) is 1. The number of hydrogen-bond donors (Lipinski definition) is 1. The number of carbonyl (C=O) groups excluding carboxylic acids is 1. The molecule has 1 fully saturated rings. The Kier molecular flexibility index (Phi) is 4.55. The Balaban J connectivity index is 1.69. The number of amides is 1. The molecule has 1 aliphatic heterocycles. The molecule has 2 atom stereocenters. The molecule has 1 aromatic carbocycles. The molecule has 3 heterocycles. The van der Waals surface area contributed by atoms with E-state index in [0.717, 1.165) is 24.5 Å². The minimum atomic E-state index is -0.0625. The summed E-state index contributed by atoms with van der Waals surface area (Å²) < 4.78 is 1.16. The predicted molar refractivity (Wildman–Crippen MR) is 109 cm³/mol. The summed E-state index contributed by atoms with van der Waals surface area (Å²) in [5.74, 6) is 0.888. The van der Waals surface area contributed by atoms with Crippen molar-refractivity contribution in [2.75, 3.05) is 12.4 Å². The van der Waals surface area contributed by atoms with Crippen LogP contribution >= 0.6 is 45.5 Å². The first-order valence-corrected chi connectivity index (χ1v) is 9.98. The molecule has 0 saturated carbocycles. The monoisotopic (exact) mass is 484 g/mol. The van der Waals surface area contributed by atoms with Gasteiger partial charge in [0, 0.05) is 18.5 Å². The topological polar surface area (TPSA) is 58.1 Å². The highest BCUT2D eigenvalue weighted by molar-refractivity contribution is 14.1. The van der Waals surface area contributed by atoms with E-state index >= 15 is 0 Å². The molecule has 1 saturated heterocycles. The Labute approximate surface area is 167 Å². The van der Waals surface area contributed by atoms with Crippen LogP contribution in [0, 0.1) is 2.88 Å². The van der Waals surface area contributed by atoms with Crippen LogP contribution in [0.1, 0.15) is 18.0 Å². The molecule has 128 valence electrons. The lowest BCUT2D eigenvalue weighted by atomic mass is 10.00. The molecule has 3 aromatic rings. The fourth-order valence-electron chi connectivity index (χ4n) is 3.23. The molecule has 0 radical (unpaired) electrons. The van der Waals surface area contributed by atoms with E-state index in [2.05, 4.69) is 43.9 Å². The number of likely N-dealkylation sites (tertiary alicyclic amines) is 1. The van der Waals surface area contributed by atoms with Gasteiger partial charge in [0.15, 0.2) is 0 Å². The van der Waals surface area contributed by atoms with Crippen molar-refractivity contribution in [3.05, 3.63) is 50.1 Å². The summed E-state index contributed by atoms with van der Waals surface area (Å²) in [6.07, 6.45) is 1.99. The summed E-state index contributed by atoms with van der Waals surface area (Å²) in [7, 11) is 1.84. The Morgan fingerprint density at radius 2 is 2.08 bits per heavy atom. The van der Waals surface area contributed by atoms with Crippen molar-refractivity contribution in [1.29, 1.82) is 0 Å². The number of hydrogen-bond acceptors (Lipinski definition) is 5. The van der Waals surface area contributed by atoms with E-state index in [0.29, 0.717) is 11.4 Å². The lowest BCUT2D eigenvalue weighted by Crippen LogP contribution is -2.30. The lowest BCUT2D eigenvalue weighted by Gasteiger charge is -2.26. The predicted octanol–water partition coefficient (Wildman–Crippen LogP) is 4.33. The van der Waals surface area contributed by atoms with Gasteiger partial charge < -0.3 is 10.2 Å². The summed E-state index contributed by atoms with van der Waals surface area (Å²) in [6.45, 7) is 0. The second kappa shape index (κ2) is 6.69. The van der Waals surface area contributed by atoms with Crippen molar-refractivity contribution < 1.29 is 4.79 Å². The number of nitrogens with one attached hydrogen (secondary N) is 1. The van der Waals surface area contributed by atoms with Gasteiger partial charge in [0.05, 0.1) is 20.4 Å². The van der Waals surface area contributed by atoms with Gasteiger partial charge in [-0.1, -0.05) is 23.7 Å². The van der Waals surface area contributed by atoms with Crippen LogP contribution in [0.3, 0.4) is 0 Å². The molecule has 0 unspecified atom stereocenters. The number of carbonyl (C=O) groups is 1. The number of thiophene rings is 1. The highest BCUT2D eigenvalue weighted by Crippen LogP contribution is 2.36. The Morgan fingerprint density at radius 3 is 2.84 bits per heavy atom. The normalized spacial score (nSPS) is 20.4. The highest BCUT2D eigenvalue weighted by atomic mass is 127. The molecule has 0 bridgehead atoms. The number of halogens is 2. The third-order valence-electron chi connectivity index (χ3n) is 4.42. The Morgan fingerprint density at radius 1 is 1.32 bits per heavy atom. The van der Waals surface area contributed by atoms with Crippen LogP contribution in [-0.4, -0.2) is 33.9 Å². The average molecular weight is 485 g/mol. The van der Waals surface area contributed by atoms with Gasteiger partial charge in [0.2, 0.25) is 5.91 Å². The zero-order valence-corrected chi connectivity index (χ0v) is 17.0. The Bertz CT molecular complexity index is 945.